The minimum atomic E-state index is -4.31. The first-order valence-corrected chi connectivity index (χ1v) is 11.9. The summed E-state index contributed by atoms with van der Waals surface area (Å²) < 4.78 is 37.3. The molecule has 0 spiro atoms. The molecule has 5 nitrogen and oxygen atoms in total. The highest BCUT2D eigenvalue weighted by Crippen LogP contribution is 2.35. The lowest BCUT2D eigenvalue weighted by Gasteiger charge is -2.11. The van der Waals surface area contributed by atoms with E-state index in [0.29, 0.717) is 0 Å². The molecule has 0 saturated heterocycles. The molecule has 0 saturated carbocycles. The second-order valence-corrected chi connectivity index (χ2v) is 8.82. The van der Waals surface area contributed by atoms with Crippen LogP contribution in [-0.4, -0.2) is 18.1 Å². The zero-order chi connectivity index (χ0) is 21.1. The maximum absolute atomic E-state index is 11.3. The smallest absolute Gasteiger partial charge is 0.294 e. The van der Waals surface area contributed by atoms with E-state index in [2.05, 4.69) is 6.92 Å². The van der Waals surface area contributed by atoms with E-state index in [-0.39, 0.29) is 22.1 Å². The van der Waals surface area contributed by atoms with Gasteiger partial charge in [-0.2, -0.15) is 8.42 Å². The zero-order valence-corrected chi connectivity index (χ0v) is 18.0. The predicted molar refractivity (Wildman–Crippen MR) is 115 cm³/mol. The molecule has 0 aromatic heterocycles. The van der Waals surface area contributed by atoms with Crippen LogP contribution in [0.15, 0.2) is 47.4 Å². The Morgan fingerprint density at radius 1 is 0.862 bits per heavy atom. The van der Waals surface area contributed by atoms with Crippen molar-refractivity contribution in [3.63, 3.8) is 0 Å². The van der Waals surface area contributed by atoms with E-state index in [0.717, 1.165) is 24.8 Å². The highest BCUT2D eigenvalue weighted by Gasteiger charge is 2.13. The van der Waals surface area contributed by atoms with Crippen molar-refractivity contribution >= 4 is 10.1 Å². The number of rotatable bonds is 13. The molecule has 0 heterocycles. The number of phenolic OH excluding ortho intramolecular Hbond substituents is 1. The van der Waals surface area contributed by atoms with Gasteiger partial charge >= 0.3 is 0 Å². The van der Waals surface area contributed by atoms with Gasteiger partial charge in [-0.15, -0.1) is 0 Å². The van der Waals surface area contributed by atoms with Crippen LogP contribution < -0.4 is 4.74 Å². The largest absolute Gasteiger partial charge is 0.504 e. The molecular formula is C23H32O5S. The molecule has 2 rings (SSSR count). The maximum Gasteiger partial charge on any atom is 0.294 e. The van der Waals surface area contributed by atoms with E-state index >= 15 is 0 Å². The Morgan fingerprint density at radius 3 is 2.14 bits per heavy atom. The van der Waals surface area contributed by atoms with Crippen LogP contribution in [-0.2, 0) is 16.5 Å². The second kappa shape index (κ2) is 11.8. The minimum absolute atomic E-state index is 0.0734. The van der Waals surface area contributed by atoms with Crippen molar-refractivity contribution in [1.29, 1.82) is 0 Å². The number of para-hydroxylation sites is 1. The summed E-state index contributed by atoms with van der Waals surface area (Å²) >= 11 is 0. The van der Waals surface area contributed by atoms with Crippen molar-refractivity contribution in [3.8, 4) is 17.2 Å². The average molecular weight is 421 g/mol. The van der Waals surface area contributed by atoms with Crippen LogP contribution in [0.5, 0.6) is 17.2 Å². The highest BCUT2D eigenvalue weighted by atomic mass is 32.2. The lowest BCUT2D eigenvalue weighted by molar-refractivity contribution is 0.405. The standard InChI is InChI=1S/C23H32O5S/c1-2-3-4-5-6-7-8-9-10-13-19-14-11-17-22(23(19)24)28-20-15-12-16-21(18-20)29(25,26)27/h11-12,14-18,24H,2-10,13H2,1H3,(H,25,26,27). The molecule has 0 unspecified atom stereocenters. The SMILES string of the molecule is CCCCCCCCCCCc1cccc(Oc2cccc(S(=O)(=O)O)c2)c1O. The van der Waals surface area contributed by atoms with Crippen molar-refractivity contribution in [3.05, 3.63) is 48.0 Å². The van der Waals surface area contributed by atoms with Gasteiger partial charge in [0.1, 0.15) is 5.75 Å². The summed E-state index contributed by atoms with van der Waals surface area (Å²) in [7, 11) is -4.31. The third kappa shape index (κ3) is 8.07. The van der Waals surface area contributed by atoms with Crippen LogP contribution >= 0.6 is 0 Å². The number of aromatic hydroxyl groups is 1. The van der Waals surface area contributed by atoms with Gasteiger partial charge in [0.15, 0.2) is 11.5 Å². The number of ether oxygens (including phenoxy) is 1. The number of phenols is 1. The average Bonchev–Trinajstić information content (AvgIpc) is 2.69. The van der Waals surface area contributed by atoms with Crippen molar-refractivity contribution in [2.24, 2.45) is 0 Å². The van der Waals surface area contributed by atoms with Crippen LogP contribution in [0, 0.1) is 0 Å². The maximum atomic E-state index is 11.3. The third-order valence-corrected chi connectivity index (χ3v) is 5.81. The Hall–Kier alpha value is -2.05. The molecular weight excluding hydrogens is 388 g/mol. The minimum Gasteiger partial charge on any atom is -0.504 e. The fraction of sp³-hybridized carbons (Fsp3) is 0.478. The van der Waals surface area contributed by atoms with Gasteiger partial charge in [0.2, 0.25) is 0 Å². The molecule has 0 amide bonds. The summed E-state index contributed by atoms with van der Waals surface area (Å²) in [5, 5.41) is 10.5. The van der Waals surface area contributed by atoms with Crippen LogP contribution in [0.25, 0.3) is 0 Å². The van der Waals surface area contributed by atoms with Gasteiger partial charge in [-0.3, -0.25) is 4.55 Å². The molecule has 0 bridgehead atoms. The molecule has 2 aromatic rings. The van der Waals surface area contributed by atoms with E-state index in [1.165, 1.54) is 63.1 Å². The summed E-state index contributed by atoms with van der Waals surface area (Å²) in [6, 6.07) is 10.9. The molecule has 2 aromatic carbocycles. The molecule has 2 N–H and O–H groups in total. The summed E-state index contributed by atoms with van der Waals surface area (Å²) in [4.78, 5) is -0.250. The topological polar surface area (TPSA) is 83.8 Å². The number of aryl methyl sites for hydroxylation is 1. The molecule has 160 valence electrons. The fourth-order valence-electron chi connectivity index (χ4n) is 3.30. The number of unbranched alkanes of at least 4 members (excludes halogenated alkanes) is 8. The summed E-state index contributed by atoms with van der Waals surface area (Å²) in [5.41, 5.74) is 0.816. The van der Waals surface area contributed by atoms with Gasteiger partial charge in [0.05, 0.1) is 4.90 Å². The van der Waals surface area contributed by atoms with E-state index in [4.69, 9.17) is 9.29 Å². The normalized spacial score (nSPS) is 11.5. The Kier molecular flexibility index (Phi) is 9.48. The highest BCUT2D eigenvalue weighted by molar-refractivity contribution is 7.85. The van der Waals surface area contributed by atoms with Gasteiger partial charge in [0.25, 0.3) is 10.1 Å². The zero-order valence-electron chi connectivity index (χ0n) is 17.1. The number of hydrogen-bond acceptors (Lipinski definition) is 4. The number of benzene rings is 2. The first-order chi connectivity index (χ1) is 13.9. The Labute approximate surface area is 174 Å². The van der Waals surface area contributed by atoms with Gasteiger partial charge in [-0.25, -0.2) is 0 Å². The molecule has 0 aliphatic heterocycles. The van der Waals surface area contributed by atoms with Gasteiger partial charge in [0, 0.05) is 6.07 Å². The quantitative estimate of drug-likeness (QED) is 0.285. The van der Waals surface area contributed by atoms with Crippen LogP contribution in [0.3, 0.4) is 0 Å². The Morgan fingerprint density at radius 2 is 1.48 bits per heavy atom. The first kappa shape index (κ1) is 23.2. The molecule has 0 atom stereocenters. The van der Waals surface area contributed by atoms with E-state index in [1.807, 2.05) is 12.1 Å². The number of hydrogen-bond donors (Lipinski definition) is 2. The Bertz CT molecular complexity index is 861. The molecule has 0 radical (unpaired) electrons. The lowest BCUT2D eigenvalue weighted by atomic mass is 10.0. The van der Waals surface area contributed by atoms with Gasteiger partial charge in [-0.1, -0.05) is 76.5 Å². The summed E-state index contributed by atoms with van der Waals surface area (Å²) in [6.07, 6.45) is 12.0. The van der Waals surface area contributed by atoms with Crippen LogP contribution in [0.4, 0.5) is 0 Å². The van der Waals surface area contributed by atoms with Gasteiger partial charge in [-0.05, 0) is 36.6 Å². The van der Waals surface area contributed by atoms with E-state index in [9.17, 15) is 13.5 Å². The molecule has 0 fully saturated rings. The molecule has 0 aliphatic rings. The molecule has 0 aliphatic carbocycles. The van der Waals surface area contributed by atoms with Crippen molar-refractivity contribution in [1.82, 2.24) is 0 Å². The van der Waals surface area contributed by atoms with Crippen LogP contribution in [0.1, 0.15) is 70.3 Å². The van der Waals surface area contributed by atoms with Gasteiger partial charge < -0.3 is 9.84 Å². The molecule has 6 heteroatoms. The predicted octanol–water partition coefficient (Wildman–Crippen LogP) is 6.50. The Balaban J connectivity index is 1.85. The van der Waals surface area contributed by atoms with E-state index < -0.39 is 10.1 Å². The van der Waals surface area contributed by atoms with Crippen molar-refractivity contribution < 1.29 is 22.8 Å². The van der Waals surface area contributed by atoms with Crippen molar-refractivity contribution in [2.75, 3.05) is 0 Å². The lowest BCUT2D eigenvalue weighted by Crippen LogP contribution is -1.98. The second-order valence-electron chi connectivity index (χ2n) is 7.39. The molecule has 29 heavy (non-hydrogen) atoms. The monoisotopic (exact) mass is 420 g/mol. The van der Waals surface area contributed by atoms with Crippen LogP contribution in [0.2, 0.25) is 0 Å². The summed E-state index contributed by atoms with van der Waals surface area (Å²) in [5.74, 6) is 0.575. The first-order valence-electron chi connectivity index (χ1n) is 10.5. The fourth-order valence-corrected chi connectivity index (χ4v) is 3.82. The van der Waals surface area contributed by atoms with E-state index in [1.54, 1.807) is 12.1 Å². The summed E-state index contributed by atoms with van der Waals surface area (Å²) in [6.45, 7) is 2.23. The third-order valence-electron chi connectivity index (χ3n) is 4.96. The van der Waals surface area contributed by atoms with Crippen molar-refractivity contribution in [2.45, 2.75) is 76.0 Å².